The van der Waals surface area contributed by atoms with Crippen molar-refractivity contribution in [1.29, 1.82) is 0 Å². The predicted molar refractivity (Wildman–Crippen MR) is 73.4 cm³/mol. The molecule has 100 valence electrons. The summed E-state index contributed by atoms with van der Waals surface area (Å²) in [7, 11) is 4.56. The lowest BCUT2D eigenvalue weighted by Gasteiger charge is -2.28. The second-order valence-corrected chi connectivity index (χ2v) is 5.97. The number of hydrogen-bond acceptors (Lipinski definition) is 3. The zero-order chi connectivity index (χ0) is 12.1. The maximum Gasteiger partial charge on any atom is 0.0220 e. The monoisotopic (exact) mass is 239 g/mol. The summed E-state index contributed by atoms with van der Waals surface area (Å²) in [6.45, 7) is 5.04. The molecule has 0 radical (unpaired) electrons. The molecule has 1 N–H and O–H groups in total. The van der Waals surface area contributed by atoms with Crippen molar-refractivity contribution in [2.45, 2.75) is 50.6 Å². The zero-order valence-corrected chi connectivity index (χ0v) is 11.6. The normalized spacial score (nSPS) is 31.2. The average Bonchev–Trinajstić information content (AvgIpc) is 2.74. The van der Waals surface area contributed by atoms with Crippen LogP contribution in [0, 0.1) is 0 Å². The van der Waals surface area contributed by atoms with Gasteiger partial charge in [0.2, 0.25) is 0 Å². The molecule has 0 amide bonds. The quantitative estimate of drug-likeness (QED) is 0.785. The van der Waals surface area contributed by atoms with Gasteiger partial charge in [0.1, 0.15) is 0 Å². The Morgan fingerprint density at radius 2 is 2.12 bits per heavy atom. The van der Waals surface area contributed by atoms with E-state index in [1.165, 1.54) is 64.7 Å². The number of hydrogen-bond donors (Lipinski definition) is 1. The van der Waals surface area contributed by atoms with Crippen molar-refractivity contribution < 1.29 is 0 Å². The van der Waals surface area contributed by atoms with E-state index < -0.39 is 0 Å². The summed E-state index contributed by atoms with van der Waals surface area (Å²) in [6.07, 6.45) is 8.29. The molecular formula is C14H29N3. The molecule has 2 fully saturated rings. The van der Waals surface area contributed by atoms with Gasteiger partial charge in [0.25, 0.3) is 0 Å². The van der Waals surface area contributed by atoms with E-state index in [0.717, 1.165) is 12.1 Å². The molecule has 2 atom stereocenters. The maximum absolute atomic E-state index is 3.64. The van der Waals surface area contributed by atoms with Crippen LogP contribution in [0.25, 0.3) is 0 Å². The van der Waals surface area contributed by atoms with Crippen molar-refractivity contribution in [3.8, 4) is 0 Å². The topological polar surface area (TPSA) is 18.5 Å². The summed E-state index contributed by atoms with van der Waals surface area (Å²) < 4.78 is 0. The lowest BCUT2D eigenvalue weighted by Crippen LogP contribution is -2.40. The molecule has 0 spiro atoms. The molecular weight excluding hydrogens is 210 g/mol. The Hall–Kier alpha value is -0.120. The molecule has 2 saturated heterocycles. The molecule has 2 heterocycles. The first-order chi connectivity index (χ1) is 8.25. The minimum Gasteiger partial charge on any atom is -0.314 e. The van der Waals surface area contributed by atoms with Crippen LogP contribution in [0.1, 0.15) is 38.5 Å². The Morgan fingerprint density at radius 1 is 1.24 bits per heavy atom. The van der Waals surface area contributed by atoms with Gasteiger partial charge in [-0.3, -0.25) is 0 Å². The highest BCUT2D eigenvalue weighted by Gasteiger charge is 2.22. The fraction of sp³-hybridized carbons (Fsp3) is 1.00. The average molecular weight is 239 g/mol. The van der Waals surface area contributed by atoms with Crippen LogP contribution in [0.4, 0.5) is 0 Å². The second kappa shape index (κ2) is 6.72. The fourth-order valence-electron chi connectivity index (χ4n) is 3.21. The van der Waals surface area contributed by atoms with E-state index in [4.69, 9.17) is 0 Å². The van der Waals surface area contributed by atoms with Crippen LogP contribution in [-0.2, 0) is 0 Å². The highest BCUT2D eigenvalue weighted by molar-refractivity contribution is 4.80. The highest BCUT2D eigenvalue weighted by Crippen LogP contribution is 2.16. The third-order valence-electron chi connectivity index (χ3n) is 4.47. The van der Waals surface area contributed by atoms with Crippen LogP contribution in [0.15, 0.2) is 0 Å². The minimum absolute atomic E-state index is 0.785. The van der Waals surface area contributed by atoms with Gasteiger partial charge in [0.05, 0.1) is 0 Å². The van der Waals surface area contributed by atoms with E-state index in [1.54, 1.807) is 0 Å². The van der Waals surface area contributed by atoms with E-state index >= 15 is 0 Å². The SMILES string of the molecule is CN(CCC1CCCCN1)CC1CCCN1C. The highest BCUT2D eigenvalue weighted by atomic mass is 15.2. The van der Waals surface area contributed by atoms with Crippen molar-refractivity contribution in [1.82, 2.24) is 15.1 Å². The van der Waals surface area contributed by atoms with Gasteiger partial charge in [0.15, 0.2) is 0 Å². The van der Waals surface area contributed by atoms with Crippen LogP contribution >= 0.6 is 0 Å². The minimum atomic E-state index is 0.785. The van der Waals surface area contributed by atoms with Gasteiger partial charge < -0.3 is 15.1 Å². The van der Waals surface area contributed by atoms with Gasteiger partial charge in [0, 0.05) is 18.6 Å². The molecule has 2 unspecified atom stereocenters. The largest absolute Gasteiger partial charge is 0.314 e. The lowest BCUT2D eigenvalue weighted by molar-refractivity contribution is 0.210. The van der Waals surface area contributed by atoms with Crippen molar-refractivity contribution in [3.63, 3.8) is 0 Å². The number of likely N-dealkylation sites (tertiary alicyclic amines) is 1. The third-order valence-corrected chi connectivity index (χ3v) is 4.47. The molecule has 0 bridgehead atoms. The Kier molecular flexibility index (Phi) is 5.26. The van der Waals surface area contributed by atoms with Crippen LogP contribution in [0.2, 0.25) is 0 Å². The predicted octanol–water partition coefficient (Wildman–Crippen LogP) is 1.54. The second-order valence-electron chi connectivity index (χ2n) is 5.97. The van der Waals surface area contributed by atoms with Crippen LogP contribution < -0.4 is 5.32 Å². The molecule has 0 aromatic heterocycles. The van der Waals surface area contributed by atoms with Crippen LogP contribution in [0.3, 0.4) is 0 Å². The Bertz CT molecular complexity index is 214. The van der Waals surface area contributed by atoms with Crippen LogP contribution in [0.5, 0.6) is 0 Å². The first-order valence-corrected chi connectivity index (χ1v) is 7.38. The van der Waals surface area contributed by atoms with Crippen molar-refractivity contribution in [2.75, 3.05) is 40.3 Å². The van der Waals surface area contributed by atoms with Gasteiger partial charge in [-0.2, -0.15) is 0 Å². The van der Waals surface area contributed by atoms with E-state index in [0.29, 0.717) is 0 Å². The first-order valence-electron chi connectivity index (χ1n) is 7.38. The molecule has 0 aromatic rings. The number of nitrogens with one attached hydrogen (secondary N) is 1. The molecule has 17 heavy (non-hydrogen) atoms. The summed E-state index contributed by atoms with van der Waals surface area (Å²) in [6, 6.07) is 1.59. The lowest BCUT2D eigenvalue weighted by atomic mass is 10.0. The molecule has 0 aliphatic carbocycles. The molecule has 2 rings (SSSR count). The standard InChI is InChI=1S/C14H29N3/c1-16(12-14-7-5-10-17(14)2)11-8-13-6-3-4-9-15-13/h13-15H,3-12H2,1-2H3. The van der Waals surface area contributed by atoms with Crippen molar-refractivity contribution >= 4 is 0 Å². The Labute approximate surface area is 107 Å². The number of piperidine rings is 1. The maximum atomic E-state index is 3.64. The van der Waals surface area contributed by atoms with E-state index in [1.807, 2.05) is 0 Å². The van der Waals surface area contributed by atoms with Crippen molar-refractivity contribution in [3.05, 3.63) is 0 Å². The molecule has 2 aliphatic rings. The Balaban J connectivity index is 1.61. The zero-order valence-electron chi connectivity index (χ0n) is 11.6. The molecule has 2 aliphatic heterocycles. The van der Waals surface area contributed by atoms with Gasteiger partial charge in [-0.25, -0.2) is 0 Å². The number of rotatable bonds is 5. The van der Waals surface area contributed by atoms with Gasteiger partial charge in [-0.05, 0) is 65.8 Å². The summed E-state index contributed by atoms with van der Waals surface area (Å²) in [5.41, 5.74) is 0. The molecule has 3 nitrogen and oxygen atoms in total. The summed E-state index contributed by atoms with van der Waals surface area (Å²) in [5, 5.41) is 3.64. The van der Waals surface area contributed by atoms with Gasteiger partial charge in [-0.15, -0.1) is 0 Å². The number of likely N-dealkylation sites (N-methyl/N-ethyl adjacent to an activating group) is 2. The smallest absolute Gasteiger partial charge is 0.0220 e. The fourth-order valence-corrected chi connectivity index (χ4v) is 3.21. The van der Waals surface area contributed by atoms with E-state index in [9.17, 15) is 0 Å². The van der Waals surface area contributed by atoms with E-state index in [-0.39, 0.29) is 0 Å². The first kappa shape index (κ1) is 13.3. The summed E-state index contributed by atoms with van der Waals surface area (Å²) in [5.74, 6) is 0. The molecule has 0 saturated carbocycles. The summed E-state index contributed by atoms with van der Waals surface area (Å²) in [4.78, 5) is 5.05. The number of nitrogens with zero attached hydrogens (tertiary/aromatic N) is 2. The van der Waals surface area contributed by atoms with Gasteiger partial charge >= 0.3 is 0 Å². The third kappa shape index (κ3) is 4.23. The molecule has 3 heteroatoms. The van der Waals surface area contributed by atoms with Crippen LogP contribution in [-0.4, -0.2) is 62.2 Å². The summed E-state index contributed by atoms with van der Waals surface area (Å²) >= 11 is 0. The van der Waals surface area contributed by atoms with Gasteiger partial charge in [-0.1, -0.05) is 6.42 Å². The molecule has 0 aromatic carbocycles. The van der Waals surface area contributed by atoms with Crippen molar-refractivity contribution in [2.24, 2.45) is 0 Å². The van der Waals surface area contributed by atoms with E-state index in [2.05, 4.69) is 29.2 Å². The Morgan fingerprint density at radius 3 is 2.76 bits per heavy atom.